The number of anilines is 1. The number of benzene rings is 1. The van der Waals surface area contributed by atoms with E-state index < -0.39 is 0 Å². The zero-order valence-corrected chi connectivity index (χ0v) is 15.1. The summed E-state index contributed by atoms with van der Waals surface area (Å²) in [4.78, 5) is 27.0. The molecule has 1 aromatic carbocycles. The summed E-state index contributed by atoms with van der Waals surface area (Å²) < 4.78 is 2.64. The quantitative estimate of drug-likeness (QED) is 0.508. The van der Waals surface area contributed by atoms with E-state index in [1.54, 1.807) is 24.3 Å². The number of hydrogen-bond acceptors (Lipinski definition) is 7. The normalized spacial score (nSPS) is 13.7. The van der Waals surface area contributed by atoms with Gasteiger partial charge in [-0.2, -0.15) is 0 Å². The Morgan fingerprint density at radius 1 is 1.04 bits per heavy atom. The summed E-state index contributed by atoms with van der Waals surface area (Å²) in [6, 6.07) is 6.76. The van der Waals surface area contributed by atoms with Gasteiger partial charge in [0.1, 0.15) is 0 Å². The first-order chi connectivity index (χ1) is 11.5. The smallest absolute Gasteiger partial charge is 0.268 e. The molecule has 120 valence electrons. The third kappa shape index (κ3) is 2.09. The van der Waals surface area contributed by atoms with Gasteiger partial charge in [0.25, 0.3) is 11.8 Å². The molecular formula is C15H10N4O2S3. The molecule has 0 radical (unpaired) electrons. The van der Waals surface area contributed by atoms with E-state index in [2.05, 4.69) is 10.2 Å². The summed E-state index contributed by atoms with van der Waals surface area (Å²) in [6.07, 6.45) is 0. The van der Waals surface area contributed by atoms with Crippen molar-refractivity contribution in [3.63, 3.8) is 0 Å². The Morgan fingerprint density at radius 2 is 1.67 bits per heavy atom. The number of carbonyl (C=O) groups excluding carboxylic acids is 2. The van der Waals surface area contributed by atoms with E-state index in [0.717, 1.165) is 19.4 Å². The first kappa shape index (κ1) is 15.3. The molecule has 0 aliphatic carbocycles. The second kappa shape index (κ2) is 5.40. The summed E-state index contributed by atoms with van der Waals surface area (Å²) in [7, 11) is 1.89. The molecule has 1 aliphatic heterocycles. The lowest BCUT2D eigenvalue weighted by Gasteiger charge is -2.07. The number of nitrogens with zero attached hydrogens (tertiary/aromatic N) is 4. The molecule has 6 nitrogen and oxygen atoms in total. The van der Waals surface area contributed by atoms with E-state index >= 15 is 0 Å². The van der Waals surface area contributed by atoms with Crippen LogP contribution in [-0.4, -0.2) is 26.6 Å². The van der Waals surface area contributed by atoms with E-state index in [0.29, 0.717) is 16.1 Å². The van der Waals surface area contributed by atoms with Gasteiger partial charge in [-0.3, -0.25) is 9.59 Å². The molecule has 24 heavy (non-hydrogen) atoms. The zero-order chi connectivity index (χ0) is 17.0. The molecule has 1 aliphatic rings. The number of hydrogen-bond donors (Lipinski definition) is 0. The van der Waals surface area contributed by atoms with E-state index in [1.807, 2.05) is 18.5 Å². The summed E-state index contributed by atoms with van der Waals surface area (Å²) in [5.74, 6) is -0.730. The largest absolute Gasteiger partial charge is 0.330 e. The van der Waals surface area contributed by atoms with Crippen LogP contribution in [0.15, 0.2) is 24.3 Å². The first-order valence-corrected chi connectivity index (χ1v) is 9.01. The second-order valence-electron chi connectivity index (χ2n) is 5.22. The fraction of sp³-hybridized carbons (Fsp3) is 0.133. The van der Waals surface area contributed by atoms with E-state index in [9.17, 15) is 9.59 Å². The average molecular weight is 374 g/mol. The predicted octanol–water partition coefficient (Wildman–Crippen LogP) is 3.44. The highest BCUT2D eigenvalue weighted by atomic mass is 32.1. The predicted molar refractivity (Wildman–Crippen MR) is 95.3 cm³/mol. The molecule has 0 atom stereocenters. The van der Waals surface area contributed by atoms with E-state index in [4.69, 9.17) is 12.2 Å². The van der Waals surface area contributed by atoms with Crippen LogP contribution in [0.2, 0.25) is 0 Å². The maximum Gasteiger partial charge on any atom is 0.268 e. The van der Waals surface area contributed by atoms with Crippen molar-refractivity contribution < 1.29 is 9.59 Å². The molecule has 0 unspecified atom stereocenters. The van der Waals surface area contributed by atoms with Gasteiger partial charge >= 0.3 is 0 Å². The van der Waals surface area contributed by atoms with Crippen molar-refractivity contribution in [2.75, 3.05) is 4.90 Å². The van der Waals surface area contributed by atoms with Crippen LogP contribution < -0.4 is 4.90 Å². The fourth-order valence-corrected chi connectivity index (χ4v) is 4.81. The standard InChI is InChI=1S/C15H10N4O2S3/c1-7-10(23-15(22)18(7)2)11-16-17-14(24-11)19-12(20)8-5-3-4-6-9(8)13(19)21/h3-6H,1-2H3. The van der Waals surface area contributed by atoms with Crippen LogP contribution >= 0.6 is 34.9 Å². The molecule has 4 rings (SSSR count). The maximum atomic E-state index is 12.5. The van der Waals surface area contributed by atoms with E-state index in [-0.39, 0.29) is 16.9 Å². The van der Waals surface area contributed by atoms with Gasteiger partial charge in [-0.15, -0.1) is 21.5 Å². The van der Waals surface area contributed by atoms with Crippen LogP contribution in [0.25, 0.3) is 9.88 Å². The molecule has 3 heterocycles. The second-order valence-corrected chi connectivity index (χ2v) is 7.82. The average Bonchev–Trinajstić information content (AvgIpc) is 3.22. The Hall–Kier alpha value is -2.23. The van der Waals surface area contributed by atoms with Crippen molar-refractivity contribution in [3.8, 4) is 9.88 Å². The summed E-state index contributed by atoms with van der Waals surface area (Å²) in [5.41, 5.74) is 1.77. The van der Waals surface area contributed by atoms with E-state index in [1.165, 1.54) is 22.7 Å². The fourth-order valence-electron chi connectivity index (χ4n) is 2.48. The van der Waals surface area contributed by atoms with Crippen molar-refractivity contribution in [2.45, 2.75) is 6.92 Å². The highest BCUT2D eigenvalue weighted by Crippen LogP contribution is 2.37. The SMILES string of the molecule is Cc1c(-c2nnc(N3C(=O)c4ccccc4C3=O)s2)sc(=S)n1C. The van der Waals surface area contributed by atoms with Crippen LogP contribution in [0, 0.1) is 10.9 Å². The Morgan fingerprint density at radius 3 is 2.21 bits per heavy atom. The highest BCUT2D eigenvalue weighted by Gasteiger charge is 2.38. The van der Waals surface area contributed by atoms with Gasteiger partial charge in [-0.25, -0.2) is 4.90 Å². The summed E-state index contributed by atoms with van der Waals surface area (Å²) >= 11 is 7.93. The topological polar surface area (TPSA) is 68.1 Å². The minimum absolute atomic E-state index is 0.276. The van der Waals surface area contributed by atoms with Gasteiger partial charge in [-0.1, -0.05) is 23.5 Å². The summed E-state index contributed by atoms with van der Waals surface area (Å²) in [6.45, 7) is 1.95. The van der Waals surface area contributed by atoms with Crippen molar-refractivity contribution in [3.05, 3.63) is 45.0 Å². The first-order valence-electron chi connectivity index (χ1n) is 6.97. The minimum Gasteiger partial charge on any atom is -0.330 e. The van der Waals surface area contributed by atoms with Crippen molar-refractivity contribution in [1.29, 1.82) is 0 Å². The number of rotatable bonds is 2. The number of imide groups is 1. The van der Waals surface area contributed by atoms with Crippen LogP contribution in [0.5, 0.6) is 0 Å². The van der Waals surface area contributed by atoms with Crippen molar-refractivity contribution in [1.82, 2.24) is 14.8 Å². The van der Waals surface area contributed by atoms with Gasteiger partial charge in [-0.05, 0) is 31.3 Å². The number of thiazole rings is 1. The Labute approximate surface area is 150 Å². The van der Waals surface area contributed by atoms with Gasteiger partial charge < -0.3 is 4.57 Å². The van der Waals surface area contributed by atoms with Crippen LogP contribution in [-0.2, 0) is 7.05 Å². The lowest BCUT2D eigenvalue weighted by molar-refractivity contribution is 0.0926. The third-order valence-corrected chi connectivity index (χ3v) is 6.61. The van der Waals surface area contributed by atoms with Gasteiger partial charge in [0, 0.05) is 12.7 Å². The number of carbonyl (C=O) groups is 2. The van der Waals surface area contributed by atoms with Gasteiger partial charge in [0.05, 0.1) is 16.0 Å². The zero-order valence-electron chi connectivity index (χ0n) is 12.6. The molecule has 3 aromatic rings. The number of aromatic nitrogens is 3. The Balaban J connectivity index is 1.77. The minimum atomic E-state index is -0.365. The molecule has 0 saturated carbocycles. The monoisotopic (exact) mass is 374 g/mol. The Bertz CT molecular complexity index is 1030. The van der Waals surface area contributed by atoms with Crippen molar-refractivity contribution >= 4 is 51.8 Å². The molecule has 2 aromatic heterocycles. The lowest BCUT2D eigenvalue weighted by Crippen LogP contribution is -2.29. The highest BCUT2D eigenvalue weighted by molar-refractivity contribution is 7.73. The van der Waals surface area contributed by atoms with Gasteiger partial charge in [0.2, 0.25) is 5.13 Å². The van der Waals surface area contributed by atoms with Crippen LogP contribution in [0.1, 0.15) is 26.4 Å². The number of fused-ring (bicyclic) bond motifs is 1. The summed E-state index contributed by atoms with van der Waals surface area (Å²) in [5, 5.41) is 9.13. The molecule has 9 heteroatoms. The molecular weight excluding hydrogens is 364 g/mol. The van der Waals surface area contributed by atoms with Gasteiger partial charge in [0.15, 0.2) is 8.96 Å². The lowest BCUT2D eigenvalue weighted by atomic mass is 10.1. The third-order valence-electron chi connectivity index (χ3n) is 3.89. The van der Waals surface area contributed by atoms with Crippen molar-refractivity contribution in [2.24, 2.45) is 7.05 Å². The molecule has 0 N–H and O–H groups in total. The van der Waals surface area contributed by atoms with Crippen LogP contribution in [0.4, 0.5) is 5.13 Å². The molecule has 0 spiro atoms. The molecule has 0 bridgehead atoms. The number of amides is 2. The van der Waals surface area contributed by atoms with Crippen LogP contribution in [0.3, 0.4) is 0 Å². The maximum absolute atomic E-state index is 12.5. The Kier molecular flexibility index (Phi) is 3.44. The molecule has 0 saturated heterocycles. The molecule has 2 amide bonds. The molecule has 0 fully saturated rings.